The molecule has 142 valence electrons. The summed E-state index contributed by atoms with van der Waals surface area (Å²) >= 11 is 7.92. The molecule has 1 N–H and O–H groups in total. The Morgan fingerprint density at radius 2 is 1.74 bits per heavy atom. The minimum absolute atomic E-state index is 0.00261. The summed E-state index contributed by atoms with van der Waals surface area (Å²) in [7, 11) is 0. The monoisotopic (exact) mass is 403 g/mol. The Morgan fingerprint density at radius 3 is 2.33 bits per heavy atom. The van der Waals surface area contributed by atoms with Crippen molar-refractivity contribution in [2.75, 3.05) is 30.0 Å². The van der Waals surface area contributed by atoms with E-state index in [1.165, 1.54) is 0 Å². The average molecular weight is 404 g/mol. The Balaban J connectivity index is 1.50. The molecule has 4 nitrogen and oxygen atoms in total. The predicted molar refractivity (Wildman–Crippen MR) is 110 cm³/mol. The maximum atomic E-state index is 13.3. The number of carbonyl (C=O) groups excluding carboxylic acids is 1. The smallest absolute Gasteiger partial charge is 0.235 e. The number of amides is 1. The largest absolute Gasteiger partial charge is 0.489 e. The molecule has 1 amide bonds. The SMILES string of the molecule is O=C(Nc1ccc(OC2CSC2)cc1)C1(c2ccc(Cl)cc2)CCOCC1. The molecule has 27 heavy (non-hydrogen) atoms. The third kappa shape index (κ3) is 4.10. The zero-order chi connectivity index (χ0) is 18.7. The fraction of sp³-hybridized carbons (Fsp3) is 0.381. The van der Waals surface area contributed by atoms with Gasteiger partial charge in [0.25, 0.3) is 0 Å². The lowest BCUT2D eigenvalue weighted by Crippen LogP contribution is -2.44. The van der Waals surface area contributed by atoms with Crippen molar-refractivity contribution in [3.05, 3.63) is 59.1 Å². The zero-order valence-corrected chi connectivity index (χ0v) is 16.5. The first kappa shape index (κ1) is 18.7. The highest BCUT2D eigenvalue weighted by atomic mass is 35.5. The summed E-state index contributed by atoms with van der Waals surface area (Å²) in [5.74, 6) is 2.93. The Hall–Kier alpha value is -1.69. The van der Waals surface area contributed by atoms with Gasteiger partial charge in [-0.15, -0.1) is 0 Å². The third-order valence-corrected chi connectivity index (χ3v) is 6.67. The van der Waals surface area contributed by atoms with Crippen LogP contribution in [-0.4, -0.2) is 36.7 Å². The van der Waals surface area contributed by atoms with Crippen LogP contribution in [0.2, 0.25) is 5.02 Å². The van der Waals surface area contributed by atoms with E-state index in [1.807, 2.05) is 60.3 Å². The first-order valence-electron chi connectivity index (χ1n) is 9.15. The predicted octanol–water partition coefficient (Wildman–Crippen LogP) is 4.52. The molecule has 0 saturated carbocycles. The van der Waals surface area contributed by atoms with Crippen LogP contribution < -0.4 is 10.1 Å². The van der Waals surface area contributed by atoms with Crippen LogP contribution in [-0.2, 0) is 14.9 Å². The summed E-state index contributed by atoms with van der Waals surface area (Å²) in [4.78, 5) is 13.3. The van der Waals surface area contributed by atoms with Crippen molar-refractivity contribution >= 4 is 35.0 Å². The highest BCUT2D eigenvalue weighted by molar-refractivity contribution is 8.00. The highest BCUT2D eigenvalue weighted by Crippen LogP contribution is 2.37. The molecule has 2 heterocycles. The van der Waals surface area contributed by atoms with Gasteiger partial charge in [-0.2, -0.15) is 11.8 Å². The van der Waals surface area contributed by atoms with Crippen LogP contribution in [0.3, 0.4) is 0 Å². The number of rotatable bonds is 5. The van der Waals surface area contributed by atoms with Gasteiger partial charge in [-0.05, 0) is 54.8 Å². The number of nitrogens with one attached hydrogen (secondary N) is 1. The van der Waals surface area contributed by atoms with E-state index >= 15 is 0 Å². The van der Waals surface area contributed by atoms with Gasteiger partial charge in [0.05, 0.1) is 5.41 Å². The van der Waals surface area contributed by atoms with Crippen molar-refractivity contribution in [1.82, 2.24) is 0 Å². The van der Waals surface area contributed by atoms with Gasteiger partial charge >= 0.3 is 0 Å². The maximum Gasteiger partial charge on any atom is 0.235 e. The van der Waals surface area contributed by atoms with Gasteiger partial charge in [0.1, 0.15) is 11.9 Å². The van der Waals surface area contributed by atoms with Crippen molar-refractivity contribution < 1.29 is 14.3 Å². The summed E-state index contributed by atoms with van der Waals surface area (Å²) in [6.45, 7) is 1.14. The molecule has 0 aliphatic carbocycles. The van der Waals surface area contributed by atoms with Crippen LogP contribution in [0, 0.1) is 0 Å². The van der Waals surface area contributed by atoms with Gasteiger partial charge in [0, 0.05) is 35.4 Å². The quantitative estimate of drug-likeness (QED) is 0.797. The van der Waals surface area contributed by atoms with E-state index in [9.17, 15) is 4.79 Å². The van der Waals surface area contributed by atoms with Crippen LogP contribution >= 0.6 is 23.4 Å². The van der Waals surface area contributed by atoms with Crippen molar-refractivity contribution in [3.8, 4) is 5.75 Å². The molecule has 0 radical (unpaired) electrons. The summed E-state index contributed by atoms with van der Waals surface area (Å²) in [5.41, 5.74) is 1.16. The molecule has 6 heteroatoms. The lowest BCUT2D eigenvalue weighted by atomic mass is 9.73. The number of ether oxygens (including phenoxy) is 2. The Kier molecular flexibility index (Phi) is 5.62. The van der Waals surface area contributed by atoms with Gasteiger partial charge in [-0.1, -0.05) is 23.7 Å². The molecule has 0 spiro atoms. The third-order valence-electron chi connectivity index (χ3n) is 5.20. The number of anilines is 1. The van der Waals surface area contributed by atoms with E-state index in [4.69, 9.17) is 21.1 Å². The maximum absolute atomic E-state index is 13.3. The minimum atomic E-state index is -0.596. The number of carbonyl (C=O) groups is 1. The fourth-order valence-electron chi connectivity index (χ4n) is 3.48. The second-order valence-electron chi connectivity index (χ2n) is 6.96. The molecule has 0 bridgehead atoms. The summed E-state index contributed by atoms with van der Waals surface area (Å²) in [6, 6.07) is 15.2. The number of thioether (sulfide) groups is 1. The molecular weight excluding hydrogens is 382 g/mol. The van der Waals surface area contributed by atoms with E-state index < -0.39 is 5.41 Å². The molecule has 2 aliphatic heterocycles. The number of halogens is 1. The summed E-state index contributed by atoms with van der Waals surface area (Å²) in [6.07, 6.45) is 1.62. The van der Waals surface area contributed by atoms with Crippen molar-refractivity contribution in [2.24, 2.45) is 0 Å². The van der Waals surface area contributed by atoms with Gasteiger partial charge in [-0.3, -0.25) is 4.79 Å². The van der Waals surface area contributed by atoms with Crippen molar-refractivity contribution in [3.63, 3.8) is 0 Å². The first-order valence-corrected chi connectivity index (χ1v) is 10.7. The molecule has 0 atom stereocenters. The normalized spacial score (nSPS) is 19.1. The summed E-state index contributed by atoms with van der Waals surface area (Å²) in [5, 5.41) is 3.76. The number of hydrogen-bond acceptors (Lipinski definition) is 4. The second-order valence-corrected chi connectivity index (χ2v) is 8.47. The molecule has 2 aliphatic rings. The van der Waals surface area contributed by atoms with E-state index in [0.717, 1.165) is 28.5 Å². The molecule has 0 aromatic heterocycles. The molecule has 2 aromatic rings. The van der Waals surface area contributed by atoms with Crippen molar-refractivity contribution in [1.29, 1.82) is 0 Å². The van der Waals surface area contributed by atoms with Gasteiger partial charge in [0.15, 0.2) is 0 Å². The van der Waals surface area contributed by atoms with Crippen LogP contribution in [0.25, 0.3) is 0 Å². The van der Waals surface area contributed by atoms with E-state index in [2.05, 4.69) is 5.32 Å². The van der Waals surface area contributed by atoms with Crippen molar-refractivity contribution in [2.45, 2.75) is 24.4 Å². The topological polar surface area (TPSA) is 47.6 Å². The minimum Gasteiger partial charge on any atom is -0.489 e. The fourth-order valence-corrected chi connectivity index (χ4v) is 4.17. The standard InChI is InChI=1S/C21H22ClNO3S/c22-16-3-1-15(2-4-16)21(9-11-25-12-10-21)20(24)23-17-5-7-18(8-6-17)26-19-13-27-14-19/h1-8,19H,9-14H2,(H,23,24). The Labute approximate surface area is 168 Å². The Morgan fingerprint density at radius 1 is 1.07 bits per heavy atom. The lowest BCUT2D eigenvalue weighted by Gasteiger charge is -2.36. The summed E-state index contributed by atoms with van der Waals surface area (Å²) < 4.78 is 11.4. The number of hydrogen-bond donors (Lipinski definition) is 1. The molecule has 4 rings (SSSR count). The van der Waals surface area contributed by atoms with Gasteiger partial charge in [0.2, 0.25) is 5.91 Å². The van der Waals surface area contributed by atoms with E-state index in [-0.39, 0.29) is 5.91 Å². The highest BCUT2D eigenvalue weighted by Gasteiger charge is 2.41. The lowest BCUT2D eigenvalue weighted by molar-refractivity contribution is -0.125. The average Bonchev–Trinajstić information content (AvgIpc) is 2.67. The van der Waals surface area contributed by atoms with Crippen LogP contribution in [0.15, 0.2) is 48.5 Å². The Bertz CT molecular complexity index is 784. The zero-order valence-electron chi connectivity index (χ0n) is 14.9. The van der Waals surface area contributed by atoms with E-state index in [0.29, 0.717) is 37.2 Å². The molecule has 0 unspecified atom stereocenters. The second kappa shape index (κ2) is 8.13. The number of benzene rings is 2. The van der Waals surface area contributed by atoms with Gasteiger partial charge in [-0.25, -0.2) is 0 Å². The van der Waals surface area contributed by atoms with Crippen LogP contribution in [0.1, 0.15) is 18.4 Å². The van der Waals surface area contributed by atoms with Crippen LogP contribution in [0.4, 0.5) is 5.69 Å². The van der Waals surface area contributed by atoms with Crippen LogP contribution in [0.5, 0.6) is 5.75 Å². The molecule has 2 saturated heterocycles. The molecule has 2 aromatic carbocycles. The van der Waals surface area contributed by atoms with Gasteiger partial charge < -0.3 is 14.8 Å². The first-order chi connectivity index (χ1) is 13.2. The molecule has 2 fully saturated rings. The molecular formula is C21H22ClNO3S. The van der Waals surface area contributed by atoms with E-state index in [1.54, 1.807) is 0 Å².